The van der Waals surface area contributed by atoms with Crippen LogP contribution in [0.25, 0.3) is 0 Å². The summed E-state index contributed by atoms with van der Waals surface area (Å²) < 4.78 is 0. The van der Waals surface area contributed by atoms with Crippen LogP contribution in [0.15, 0.2) is 17.5 Å². The van der Waals surface area contributed by atoms with Crippen LogP contribution in [0.4, 0.5) is 0 Å². The van der Waals surface area contributed by atoms with Gasteiger partial charge >= 0.3 is 5.97 Å². The van der Waals surface area contributed by atoms with E-state index in [-0.39, 0.29) is 43.9 Å². The van der Waals surface area contributed by atoms with Crippen LogP contribution in [0, 0.1) is 0 Å². The Hall–Kier alpha value is -3.86. The Morgan fingerprint density at radius 1 is 1.00 bits per heavy atom. The molecule has 16 nitrogen and oxygen atoms in total. The minimum Gasteiger partial charge on any atom is -0.480 e. The Morgan fingerprint density at radius 2 is 1.62 bits per heavy atom. The van der Waals surface area contributed by atoms with Crippen LogP contribution < -0.4 is 38.9 Å². The molecule has 0 radical (unpaired) electrons. The number of rotatable bonds is 17. The molecule has 0 aliphatic carbocycles. The molecular formula is C20H34N10O6S. The Kier molecular flexibility index (Phi) is 13.5. The molecule has 17 heteroatoms. The van der Waals surface area contributed by atoms with Gasteiger partial charge in [-0.15, -0.1) is 0 Å². The number of imidazole rings is 1. The number of H-pyrrole nitrogens is 1. The number of guanidine groups is 1. The van der Waals surface area contributed by atoms with Crippen molar-refractivity contribution >= 4 is 48.2 Å². The maximum absolute atomic E-state index is 12.9. The maximum atomic E-state index is 12.9. The number of carbonyl (C=O) groups is 5. The summed E-state index contributed by atoms with van der Waals surface area (Å²) in [4.78, 5) is 71.3. The van der Waals surface area contributed by atoms with Crippen molar-refractivity contribution in [3.63, 3.8) is 0 Å². The number of aromatic nitrogens is 2. The van der Waals surface area contributed by atoms with Gasteiger partial charge in [0.2, 0.25) is 23.6 Å². The van der Waals surface area contributed by atoms with Gasteiger partial charge in [-0.05, 0) is 19.3 Å². The van der Waals surface area contributed by atoms with Gasteiger partial charge < -0.3 is 49.0 Å². The maximum Gasteiger partial charge on any atom is 0.326 e. The van der Waals surface area contributed by atoms with E-state index in [1.807, 2.05) is 0 Å². The zero-order valence-electron chi connectivity index (χ0n) is 20.1. The lowest BCUT2D eigenvalue weighted by Gasteiger charge is -2.24. The highest BCUT2D eigenvalue weighted by Crippen LogP contribution is 2.04. The first-order chi connectivity index (χ1) is 17.4. The Morgan fingerprint density at radius 3 is 2.16 bits per heavy atom. The number of carbonyl (C=O) groups excluding carboxylic acids is 4. The predicted octanol–water partition coefficient (Wildman–Crippen LogP) is -3.93. The van der Waals surface area contributed by atoms with E-state index in [2.05, 4.69) is 43.5 Å². The fourth-order valence-electron chi connectivity index (χ4n) is 3.04. The van der Waals surface area contributed by atoms with E-state index in [4.69, 9.17) is 22.9 Å². The molecule has 1 aromatic heterocycles. The summed E-state index contributed by atoms with van der Waals surface area (Å²) in [6.07, 6.45) is 2.91. The number of nitrogens with two attached hydrogens (primary N) is 4. The number of nitrogens with zero attached hydrogens (tertiary/aromatic N) is 2. The molecule has 0 fully saturated rings. The first-order valence-corrected chi connectivity index (χ1v) is 11.9. The number of carboxylic acids is 1. The second kappa shape index (κ2) is 16.0. The number of thiol groups is 1. The van der Waals surface area contributed by atoms with Gasteiger partial charge in [0.1, 0.15) is 18.1 Å². The largest absolute Gasteiger partial charge is 0.480 e. The highest BCUT2D eigenvalue weighted by Gasteiger charge is 2.30. The number of aromatic amines is 1. The number of amides is 4. The number of aliphatic imine (C=N–C) groups is 1. The van der Waals surface area contributed by atoms with Crippen LogP contribution in [0.3, 0.4) is 0 Å². The highest BCUT2D eigenvalue weighted by molar-refractivity contribution is 7.80. The number of aliphatic carboxylic acids is 1. The van der Waals surface area contributed by atoms with E-state index in [1.54, 1.807) is 0 Å². The number of hydrogen-bond acceptors (Lipinski definition) is 9. The first kappa shape index (κ1) is 31.2. The van der Waals surface area contributed by atoms with Crippen molar-refractivity contribution < 1.29 is 29.1 Å². The highest BCUT2D eigenvalue weighted by atomic mass is 32.1. The summed E-state index contributed by atoms with van der Waals surface area (Å²) in [5, 5.41) is 16.6. The predicted molar refractivity (Wildman–Crippen MR) is 136 cm³/mol. The molecule has 4 atom stereocenters. The van der Waals surface area contributed by atoms with Crippen LogP contribution in [-0.4, -0.2) is 87.1 Å². The van der Waals surface area contributed by atoms with Crippen LogP contribution in [0.2, 0.25) is 0 Å². The summed E-state index contributed by atoms with van der Waals surface area (Å²) in [6, 6.07) is -4.81. The summed E-state index contributed by atoms with van der Waals surface area (Å²) in [5.74, 6) is -4.59. The molecule has 0 aliphatic heterocycles. The van der Waals surface area contributed by atoms with Crippen molar-refractivity contribution in [1.29, 1.82) is 0 Å². The van der Waals surface area contributed by atoms with E-state index >= 15 is 0 Å². The minimum absolute atomic E-state index is 0.0767. The smallest absolute Gasteiger partial charge is 0.326 e. The zero-order chi connectivity index (χ0) is 28.0. The normalized spacial score (nSPS) is 13.9. The van der Waals surface area contributed by atoms with Crippen LogP contribution in [-0.2, 0) is 30.4 Å². The molecule has 0 saturated heterocycles. The van der Waals surface area contributed by atoms with Crippen molar-refractivity contribution in [3.05, 3.63) is 18.2 Å². The molecular weight excluding hydrogens is 508 g/mol. The van der Waals surface area contributed by atoms with E-state index < -0.39 is 53.8 Å². The lowest BCUT2D eigenvalue weighted by Crippen LogP contribution is -2.58. The molecule has 0 spiro atoms. The first-order valence-electron chi connectivity index (χ1n) is 11.3. The third-order valence-corrected chi connectivity index (χ3v) is 5.39. The van der Waals surface area contributed by atoms with E-state index in [1.165, 1.54) is 12.5 Å². The van der Waals surface area contributed by atoms with Crippen LogP contribution in [0.5, 0.6) is 0 Å². The standard InChI is InChI=1S/C20H34N10O6S/c21-11(2-1-5-26-20(23)24)16(32)28-12(3-4-15(22)31)17(33)30-14(8-37)18(34)29-13(19(35)36)6-10-7-25-9-27-10/h7,9,11-14,37H,1-6,8,21H2,(H2,22,31)(H,25,27)(H,28,32)(H,29,34)(H,30,33)(H,35,36)(H4,23,24,26). The average Bonchev–Trinajstić information content (AvgIpc) is 3.34. The second-order valence-electron chi connectivity index (χ2n) is 8.05. The molecule has 0 aliphatic rings. The summed E-state index contributed by atoms with van der Waals surface area (Å²) in [6.45, 7) is 0.255. The number of primary amides is 1. The third-order valence-electron chi connectivity index (χ3n) is 5.03. The minimum atomic E-state index is -1.31. The van der Waals surface area contributed by atoms with Gasteiger partial charge in [0.05, 0.1) is 12.4 Å². The van der Waals surface area contributed by atoms with Crippen molar-refractivity contribution in [3.8, 4) is 0 Å². The van der Waals surface area contributed by atoms with E-state index in [0.29, 0.717) is 12.1 Å². The van der Waals surface area contributed by atoms with Gasteiger partial charge in [0.15, 0.2) is 5.96 Å². The van der Waals surface area contributed by atoms with Crippen molar-refractivity contribution in [2.24, 2.45) is 27.9 Å². The van der Waals surface area contributed by atoms with Gasteiger partial charge in [-0.1, -0.05) is 0 Å². The molecule has 1 aromatic rings. The number of nitrogens with one attached hydrogen (secondary N) is 4. The second-order valence-corrected chi connectivity index (χ2v) is 8.41. The van der Waals surface area contributed by atoms with Crippen molar-refractivity contribution in [1.82, 2.24) is 25.9 Å². The number of hydrogen-bond donors (Lipinski definition) is 10. The monoisotopic (exact) mass is 542 g/mol. The summed E-state index contributed by atoms with van der Waals surface area (Å²) in [5.41, 5.74) is 22.0. The molecule has 4 amide bonds. The number of carboxylic acid groups (broad SMARTS) is 1. The summed E-state index contributed by atoms with van der Waals surface area (Å²) in [7, 11) is 0. The molecule has 4 unspecified atom stereocenters. The molecule has 0 aromatic carbocycles. The van der Waals surface area contributed by atoms with E-state index in [0.717, 1.165) is 0 Å². The molecule has 1 heterocycles. The Bertz CT molecular complexity index is 953. The lowest BCUT2D eigenvalue weighted by molar-refractivity contribution is -0.142. The Labute approximate surface area is 218 Å². The molecule has 1 rings (SSSR count). The average molecular weight is 543 g/mol. The van der Waals surface area contributed by atoms with Crippen molar-refractivity contribution in [2.75, 3.05) is 12.3 Å². The Balaban J connectivity index is 2.82. The molecule has 206 valence electrons. The van der Waals surface area contributed by atoms with Gasteiger partial charge in [0, 0.05) is 37.0 Å². The SMILES string of the molecule is NC(=O)CCC(NC(=O)C(N)CCCN=C(N)N)C(=O)NC(CS)C(=O)NC(Cc1cnc[nH]1)C(=O)O. The third kappa shape index (κ3) is 12.1. The fourth-order valence-corrected chi connectivity index (χ4v) is 3.30. The quantitative estimate of drug-likeness (QED) is 0.0394. The van der Waals surface area contributed by atoms with Crippen LogP contribution in [0.1, 0.15) is 31.4 Å². The fraction of sp³-hybridized carbons (Fsp3) is 0.550. The molecule has 37 heavy (non-hydrogen) atoms. The van der Waals surface area contributed by atoms with E-state index in [9.17, 15) is 29.1 Å². The van der Waals surface area contributed by atoms with Crippen LogP contribution >= 0.6 is 12.6 Å². The molecule has 0 saturated carbocycles. The topological polar surface area (TPSA) is 287 Å². The van der Waals surface area contributed by atoms with Gasteiger partial charge in [-0.2, -0.15) is 12.6 Å². The molecule has 13 N–H and O–H groups in total. The summed E-state index contributed by atoms with van der Waals surface area (Å²) >= 11 is 4.06. The lowest BCUT2D eigenvalue weighted by atomic mass is 10.1. The van der Waals surface area contributed by atoms with Gasteiger partial charge in [0.25, 0.3) is 0 Å². The molecule has 0 bridgehead atoms. The zero-order valence-corrected chi connectivity index (χ0v) is 20.9. The van der Waals surface area contributed by atoms with Gasteiger partial charge in [-0.25, -0.2) is 9.78 Å². The van der Waals surface area contributed by atoms with Gasteiger partial charge in [-0.3, -0.25) is 24.2 Å². The van der Waals surface area contributed by atoms with Crippen molar-refractivity contribution in [2.45, 2.75) is 56.3 Å².